The van der Waals surface area contributed by atoms with Gasteiger partial charge in [0.15, 0.2) is 0 Å². The molecule has 0 aliphatic rings. The van der Waals surface area contributed by atoms with Gasteiger partial charge in [0.25, 0.3) is 5.91 Å². The van der Waals surface area contributed by atoms with E-state index in [2.05, 4.69) is 62.6 Å². The number of nitrogens with zero attached hydrogens (tertiary/aromatic N) is 2. The summed E-state index contributed by atoms with van der Waals surface area (Å²) in [4.78, 5) is 12.3. The second-order valence-corrected chi connectivity index (χ2v) is 8.63. The first kappa shape index (κ1) is 20.7. The van der Waals surface area contributed by atoms with Crippen molar-refractivity contribution in [2.75, 3.05) is 5.32 Å². The van der Waals surface area contributed by atoms with Gasteiger partial charge >= 0.3 is 0 Å². The fourth-order valence-electron chi connectivity index (χ4n) is 2.91. The fraction of sp³-hybridized carbons (Fsp3) is 0.318. The molecule has 6 heteroatoms. The highest BCUT2D eigenvalue weighted by Gasteiger charge is 2.11. The lowest BCUT2D eigenvalue weighted by Crippen LogP contribution is -2.11. The van der Waals surface area contributed by atoms with Gasteiger partial charge in [0.05, 0.1) is 0 Å². The first-order valence-corrected chi connectivity index (χ1v) is 11.3. The molecule has 4 nitrogen and oxygen atoms in total. The van der Waals surface area contributed by atoms with Crippen molar-refractivity contribution in [2.24, 2.45) is 0 Å². The van der Waals surface area contributed by atoms with Crippen LogP contribution in [0.3, 0.4) is 0 Å². The molecule has 0 bridgehead atoms. The number of hydrogen-bond donors (Lipinski definition) is 1. The average Bonchev–Trinajstić information content (AvgIpc) is 3.17. The minimum Gasteiger partial charge on any atom is -0.296 e. The molecule has 0 unspecified atom stereocenters. The summed E-state index contributed by atoms with van der Waals surface area (Å²) in [5.41, 5.74) is 2.97. The molecule has 28 heavy (non-hydrogen) atoms. The summed E-state index contributed by atoms with van der Waals surface area (Å²) in [6.45, 7) is 2.24. The number of carbonyl (C=O) groups is 1. The number of halogens is 1. The zero-order valence-corrected chi connectivity index (χ0v) is 18.4. The van der Waals surface area contributed by atoms with Gasteiger partial charge in [0.1, 0.15) is 5.01 Å². The molecule has 3 aromatic rings. The maximum atomic E-state index is 12.3. The third kappa shape index (κ3) is 5.97. The Morgan fingerprint density at radius 2 is 1.68 bits per heavy atom. The Labute approximate surface area is 178 Å². The molecule has 3 rings (SSSR count). The van der Waals surface area contributed by atoms with Crippen molar-refractivity contribution in [3.8, 4) is 10.6 Å². The maximum absolute atomic E-state index is 12.3. The number of unbranched alkanes of at least 4 members (excludes halogenated alkanes) is 4. The summed E-state index contributed by atoms with van der Waals surface area (Å²) >= 11 is 4.75. The highest BCUT2D eigenvalue weighted by Crippen LogP contribution is 2.27. The monoisotopic (exact) mass is 457 g/mol. The van der Waals surface area contributed by atoms with E-state index in [4.69, 9.17) is 0 Å². The van der Waals surface area contributed by atoms with Crippen LogP contribution in [-0.4, -0.2) is 16.1 Å². The minimum absolute atomic E-state index is 0.186. The van der Waals surface area contributed by atoms with Crippen LogP contribution >= 0.6 is 27.3 Å². The van der Waals surface area contributed by atoms with Crippen LogP contribution in [0.15, 0.2) is 53.0 Å². The number of rotatable bonds is 9. The number of aromatic nitrogens is 2. The molecule has 1 heterocycles. The molecule has 0 saturated carbocycles. The van der Waals surface area contributed by atoms with Crippen molar-refractivity contribution in [3.05, 3.63) is 64.1 Å². The highest BCUT2D eigenvalue weighted by molar-refractivity contribution is 9.10. The second kappa shape index (κ2) is 10.5. The van der Waals surface area contributed by atoms with Crippen LogP contribution in [0.4, 0.5) is 5.13 Å². The lowest BCUT2D eigenvalue weighted by molar-refractivity contribution is 0.102. The van der Waals surface area contributed by atoms with Gasteiger partial charge in [-0.25, -0.2) is 0 Å². The molecular formula is C22H24BrN3OS. The van der Waals surface area contributed by atoms with Crippen LogP contribution in [0.1, 0.15) is 54.9 Å². The second-order valence-electron chi connectivity index (χ2n) is 6.73. The highest BCUT2D eigenvalue weighted by atomic mass is 79.9. The Bertz CT molecular complexity index is 891. The maximum Gasteiger partial charge on any atom is 0.257 e. The molecule has 146 valence electrons. The molecule has 0 aliphatic carbocycles. The molecule has 1 aromatic heterocycles. The van der Waals surface area contributed by atoms with E-state index in [9.17, 15) is 4.79 Å². The first-order valence-electron chi connectivity index (χ1n) is 9.65. The molecule has 1 amide bonds. The van der Waals surface area contributed by atoms with E-state index >= 15 is 0 Å². The third-order valence-electron chi connectivity index (χ3n) is 4.52. The molecule has 1 N–H and O–H groups in total. The van der Waals surface area contributed by atoms with Gasteiger partial charge in [-0.05, 0) is 42.7 Å². The third-order valence-corrected chi connectivity index (χ3v) is 5.94. The molecule has 0 fully saturated rings. The standard InChI is InChI=1S/C22H24BrN3OS/c1-2-3-4-5-6-7-16-8-10-18(11-9-16)21-25-26-22(28-21)24-20(27)17-12-14-19(23)15-13-17/h8-15H,2-7H2,1H3,(H,24,26,27). The Morgan fingerprint density at radius 3 is 2.39 bits per heavy atom. The van der Waals surface area contributed by atoms with Gasteiger partial charge in [0.2, 0.25) is 5.13 Å². The van der Waals surface area contributed by atoms with Crippen molar-refractivity contribution in [3.63, 3.8) is 0 Å². The Morgan fingerprint density at radius 1 is 0.964 bits per heavy atom. The summed E-state index contributed by atoms with van der Waals surface area (Å²) in [5.74, 6) is -0.186. The van der Waals surface area contributed by atoms with Crippen molar-refractivity contribution in [1.29, 1.82) is 0 Å². The Kier molecular flexibility index (Phi) is 7.74. The van der Waals surface area contributed by atoms with Gasteiger partial charge in [-0.3, -0.25) is 10.1 Å². The van der Waals surface area contributed by atoms with E-state index in [1.165, 1.54) is 49.0 Å². The molecule has 0 aliphatic heterocycles. The van der Waals surface area contributed by atoms with E-state index < -0.39 is 0 Å². The molecule has 2 aromatic carbocycles. The molecule has 0 radical (unpaired) electrons. The molecule has 0 atom stereocenters. The summed E-state index contributed by atoms with van der Waals surface area (Å²) < 4.78 is 0.937. The summed E-state index contributed by atoms with van der Waals surface area (Å²) in [7, 11) is 0. The van der Waals surface area contributed by atoms with Gasteiger partial charge in [-0.2, -0.15) is 0 Å². The van der Waals surface area contributed by atoms with Crippen molar-refractivity contribution >= 4 is 38.3 Å². The fourth-order valence-corrected chi connectivity index (χ4v) is 3.92. The van der Waals surface area contributed by atoms with E-state index in [1.54, 1.807) is 12.1 Å². The number of aryl methyl sites for hydroxylation is 1. The smallest absolute Gasteiger partial charge is 0.257 e. The lowest BCUT2D eigenvalue weighted by Gasteiger charge is -2.03. The van der Waals surface area contributed by atoms with Crippen LogP contribution in [0, 0.1) is 0 Å². The SMILES string of the molecule is CCCCCCCc1ccc(-c2nnc(NC(=O)c3ccc(Br)cc3)s2)cc1. The topological polar surface area (TPSA) is 54.9 Å². The lowest BCUT2D eigenvalue weighted by atomic mass is 10.0. The molecule has 0 spiro atoms. The summed E-state index contributed by atoms with van der Waals surface area (Å²) in [6.07, 6.45) is 7.60. The van der Waals surface area contributed by atoms with Crippen LogP contribution in [0.2, 0.25) is 0 Å². The normalized spacial score (nSPS) is 10.8. The number of hydrogen-bond acceptors (Lipinski definition) is 4. The minimum atomic E-state index is -0.186. The van der Waals surface area contributed by atoms with Crippen LogP contribution < -0.4 is 5.32 Å². The predicted octanol–water partition coefficient (Wildman–Crippen LogP) is 6.73. The van der Waals surface area contributed by atoms with E-state index in [1.807, 2.05) is 12.1 Å². The molecular weight excluding hydrogens is 434 g/mol. The number of anilines is 1. The van der Waals surface area contributed by atoms with Crippen molar-refractivity contribution in [2.45, 2.75) is 45.4 Å². The number of carbonyl (C=O) groups excluding carboxylic acids is 1. The largest absolute Gasteiger partial charge is 0.296 e. The molecule has 0 saturated heterocycles. The van der Waals surface area contributed by atoms with Gasteiger partial charge in [0, 0.05) is 15.6 Å². The van der Waals surface area contributed by atoms with E-state index in [-0.39, 0.29) is 5.91 Å². The van der Waals surface area contributed by atoms with Crippen molar-refractivity contribution < 1.29 is 4.79 Å². The Balaban J connectivity index is 1.56. The van der Waals surface area contributed by atoms with Gasteiger partial charge in [-0.15, -0.1) is 10.2 Å². The zero-order chi connectivity index (χ0) is 19.8. The van der Waals surface area contributed by atoms with E-state index in [0.29, 0.717) is 10.7 Å². The first-order chi connectivity index (χ1) is 13.7. The summed E-state index contributed by atoms with van der Waals surface area (Å²) in [5, 5.41) is 12.4. The summed E-state index contributed by atoms with van der Waals surface area (Å²) in [6, 6.07) is 15.7. The number of benzene rings is 2. The quantitative estimate of drug-likeness (QED) is 0.362. The van der Waals surface area contributed by atoms with Crippen LogP contribution in [0.25, 0.3) is 10.6 Å². The van der Waals surface area contributed by atoms with E-state index in [0.717, 1.165) is 21.5 Å². The number of amides is 1. The van der Waals surface area contributed by atoms with Crippen LogP contribution in [-0.2, 0) is 6.42 Å². The predicted molar refractivity (Wildman–Crippen MR) is 120 cm³/mol. The van der Waals surface area contributed by atoms with Crippen molar-refractivity contribution in [1.82, 2.24) is 10.2 Å². The Hall–Kier alpha value is -2.05. The van der Waals surface area contributed by atoms with Gasteiger partial charge in [-0.1, -0.05) is 84.1 Å². The van der Waals surface area contributed by atoms with Crippen LogP contribution in [0.5, 0.6) is 0 Å². The zero-order valence-electron chi connectivity index (χ0n) is 16.0. The van der Waals surface area contributed by atoms with Gasteiger partial charge < -0.3 is 0 Å². The number of nitrogens with one attached hydrogen (secondary N) is 1. The average molecular weight is 458 g/mol.